The number of hydrogen-bond acceptors (Lipinski definition) is 6. The zero-order valence-electron chi connectivity index (χ0n) is 15.4. The lowest BCUT2D eigenvalue weighted by atomic mass is 10.0. The number of aryl methyl sites for hydroxylation is 1. The van der Waals surface area contributed by atoms with Gasteiger partial charge in [0.05, 0.1) is 42.9 Å². The number of nitrogens with zero attached hydrogens (tertiary/aromatic N) is 3. The molecular formula is C19H21N5O3. The molecule has 2 aromatic heterocycles. The third-order valence-electron chi connectivity index (χ3n) is 4.02. The fraction of sp³-hybridized carbons (Fsp3) is 0.263. The average Bonchev–Trinajstić information content (AvgIpc) is 3.13. The van der Waals surface area contributed by atoms with Crippen molar-refractivity contribution in [2.45, 2.75) is 20.1 Å². The van der Waals surface area contributed by atoms with Crippen molar-refractivity contribution in [1.29, 1.82) is 0 Å². The van der Waals surface area contributed by atoms with Crippen LogP contribution in [0, 0.1) is 6.92 Å². The first kappa shape index (κ1) is 18.5. The molecule has 140 valence electrons. The van der Waals surface area contributed by atoms with E-state index in [9.17, 15) is 4.79 Å². The van der Waals surface area contributed by atoms with Crippen LogP contribution in [0.4, 0.5) is 0 Å². The van der Waals surface area contributed by atoms with Gasteiger partial charge in [-0.15, -0.1) is 0 Å². The molecule has 0 unspecified atom stereocenters. The standard InChI is InChI=1S/C19H21N5O3/c1-12-17(19(27-3)22-11-21-12)13-5-4-6-14(7-13)18(25)20-9-15-8-16(10-26-2)24-23-15/h4-8,11H,9-10H2,1-3H3,(H,20,25)(H,23,24). The number of nitrogens with one attached hydrogen (secondary N) is 2. The second-order valence-corrected chi connectivity index (χ2v) is 5.92. The highest BCUT2D eigenvalue weighted by Crippen LogP contribution is 2.30. The SMILES string of the molecule is COCc1cc(CNC(=O)c2cccc(-c3c(C)ncnc3OC)c2)[nH]n1. The molecule has 0 bridgehead atoms. The number of benzene rings is 1. The van der Waals surface area contributed by atoms with E-state index in [1.165, 1.54) is 6.33 Å². The third-order valence-corrected chi connectivity index (χ3v) is 4.02. The van der Waals surface area contributed by atoms with Crippen LogP contribution >= 0.6 is 0 Å². The predicted octanol–water partition coefficient (Wildman–Crippen LogP) is 2.26. The molecule has 1 amide bonds. The molecule has 0 radical (unpaired) electrons. The largest absolute Gasteiger partial charge is 0.480 e. The van der Waals surface area contributed by atoms with Gasteiger partial charge in [0.2, 0.25) is 5.88 Å². The summed E-state index contributed by atoms with van der Waals surface area (Å²) in [4.78, 5) is 20.9. The van der Waals surface area contributed by atoms with E-state index in [1.807, 2.05) is 25.1 Å². The van der Waals surface area contributed by atoms with Crippen molar-refractivity contribution >= 4 is 5.91 Å². The maximum atomic E-state index is 12.5. The first-order chi connectivity index (χ1) is 13.1. The van der Waals surface area contributed by atoms with Gasteiger partial charge in [0.15, 0.2) is 0 Å². The van der Waals surface area contributed by atoms with Crippen LogP contribution in [0.25, 0.3) is 11.1 Å². The molecule has 3 aromatic rings. The van der Waals surface area contributed by atoms with Crippen molar-refractivity contribution in [3.8, 4) is 17.0 Å². The summed E-state index contributed by atoms with van der Waals surface area (Å²) in [6.07, 6.45) is 1.45. The topological polar surface area (TPSA) is 102 Å². The molecule has 1 aromatic carbocycles. The van der Waals surface area contributed by atoms with Crippen LogP contribution < -0.4 is 10.1 Å². The van der Waals surface area contributed by atoms with E-state index in [-0.39, 0.29) is 5.91 Å². The summed E-state index contributed by atoms with van der Waals surface area (Å²) in [6, 6.07) is 9.14. The zero-order chi connectivity index (χ0) is 19.2. The minimum atomic E-state index is -0.187. The van der Waals surface area contributed by atoms with E-state index < -0.39 is 0 Å². The Labute approximate surface area is 157 Å². The minimum Gasteiger partial charge on any atom is -0.480 e. The summed E-state index contributed by atoms with van der Waals surface area (Å²) in [7, 11) is 3.17. The molecule has 0 aliphatic rings. The predicted molar refractivity (Wildman–Crippen MR) is 99.2 cm³/mol. The van der Waals surface area contributed by atoms with Crippen molar-refractivity contribution in [3.63, 3.8) is 0 Å². The molecule has 3 rings (SSSR count). The van der Waals surface area contributed by atoms with Crippen LogP contribution in [0.15, 0.2) is 36.7 Å². The first-order valence-electron chi connectivity index (χ1n) is 8.38. The molecule has 0 saturated heterocycles. The Morgan fingerprint density at radius 2 is 2.07 bits per heavy atom. The lowest BCUT2D eigenvalue weighted by molar-refractivity contribution is 0.0950. The summed E-state index contributed by atoms with van der Waals surface area (Å²) in [5.41, 5.74) is 4.50. The monoisotopic (exact) mass is 367 g/mol. The van der Waals surface area contributed by atoms with E-state index in [0.29, 0.717) is 24.6 Å². The Kier molecular flexibility index (Phi) is 5.77. The third kappa shape index (κ3) is 4.29. The molecule has 8 nitrogen and oxygen atoms in total. The van der Waals surface area contributed by atoms with Gasteiger partial charge in [-0.05, 0) is 30.7 Å². The van der Waals surface area contributed by atoms with E-state index in [1.54, 1.807) is 26.4 Å². The van der Waals surface area contributed by atoms with Crippen molar-refractivity contribution in [2.75, 3.05) is 14.2 Å². The molecule has 2 N–H and O–H groups in total. The summed E-state index contributed by atoms with van der Waals surface area (Å²) < 4.78 is 10.4. The highest BCUT2D eigenvalue weighted by Gasteiger charge is 2.14. The highest BCUT2D eigenvalue weighted by molar-refractivity contribution is 5.95. The Hall–Kier alpha value is -3.26. The lowest BCUT2D eigenvalue weighted by Crippen LogP contribution is -2.23. The molecule has 0 atom stereocenters. The highest BCUT2D eigenvalue weighted by atomic mass is 16.5. The van der Waals surface area contributed by atoms with Gasteiger partial charge >= 0.3 is 0 Å². The van der Waals surface area contributed by atoms with E-state index >= 15 is 0 Å². The van der Waals surface area contributed by atoms with Crippen LogP contribution in [-0.4, -0.2) is 40.3 Å². The molecule has 27 heavy (non-hydrogen) atoms. The van der Waals surface area contributed by atoms with Gasteiger partial charge in [0.1, 0.15) is 6.33 Å². The summed E-state index contributed by atoms with van der Waals surface area (Å²) in [6.45, 7) is 2.64. The van der Waals surface area contributed by atoms with Crippen molar-refractivity contribution in [1.82, 2.24) is 25.5 Å². The van der Waals surface area contributed by atoms with Gasteiger partial charge in [0.25, 0.3) is 5.91 Å². The number of amides is 1. The van der Waals surface area contributed by atoms with Gasteiger partial charge in [-0.1, -0.05) is 12.1 Å². The number of H-pyrrole nitrogens is 1. The smallest absolute Gasteiger partial charge is 0.251 e. The fourth-order valence-electron chi connectivity index (χ4n) is 2.75. The molecular weight excluding hydrogens is 346 g/mol. The van der Waals surface area contributed by atoms with E-state index in [4.69, 9.17) is 9.47 Å². The number of hydrogen-bond donors (Lipinski definition) is 2. The number of methoxy groups -OCH3 is 2. The normalized spacial score (nSPS) is 10.6. The van der Waals surface area contributed by atoms with Crippen molar-refractivity contribution < 1.29 is 14.3 Å². The maximum absolute atomic E-state index is 12.5. The molecule has 0 spiro atoms. The Bertz CT molecular complexity index is 939. The van der Waals surface area contributed by atoms with Crippen LogP contribution in [0.5, 0.6) is 5.88 Å². The second kappa shape index (κ2) is 8.41. The van der Waals surface area contributed by atoms with E-state index in [0.717, 1.165) is 28.2 Å². The molecule has 0 aliphatic heterocycles. The quantitative estimate of drug-likeness (QED) is 0.664. The fourth-order valence-corrected chi connectivity index (χ4v) is 2.75. The van der Waals surface area contributed by atoms with E-state index in [2.05, 4.69) is 25.5 Å². The molecule has 8 heteroatoms. The number of carbonyl (C=O) groups excluding carboxylic acids is 1. The molecule has 0 aliphatic carbocycles. The van der Waals surface area contributed by atoms with Crippen molar-refractivity contribution in [3.05, 3.63) is 59.3 Å². The Morgan fingerprint density at radius 3 is 2.85 bits per heavy atom. The van der Waals surface area contributed by atoms with Gasteiger partial charge < -0.3 is 14.8 Å². The zero-order valence-corrected chi connectivity index (χ0v) is 15.4. The summed E-state index contributed by atoms with van der Waals surface area (Å²) in [5, 5.41) is 9.87. The molecule has 0 fully saturated rings. The molecule has 0 saturated carbocycles. The average molecular weight is 367 g/mol. The Morgan fingerprint density at radius 1 is 1.22 bits per heavy atom. The number of rotatable bonds is 7. The van der Waals surface area contributed by atoms with Crippen LogP contribution in [0.2, 0.25) is 0 Å². The number of carbonyl (C=O) groups is 1. The Balaban J connectivity index is 1.76. The van der Waals surface area contributed by atoms with Gasteiger partial charge in [-0.2, -0.15) is 5.10 Å². The maximum Gasteiger partial charge on any atom is 0.251 e. The summed E-state index contributed by atoms with van der Waals surface area (Å²) >= 11 is 0. The van der Waals surface area contributed by atoms with Crippen LogP contribution in [-0.2, 0) is 17.9 Å². The van der Waals surface area contributed by atoms with Crippen LogP contribution in [0.1, 0.15) is 27.4 Å². The number of ether oxygens (including phenoxy) is 2. The number of aromatic amines is 1. The van der Waals surface area contributed by atoms with Gasteiger partial charge in [0, 0.05) is 12.7 Å². The summed E-state index contributed by atoms with van der Waals surface area (Å²) in [5.74, 6) is 0.288. The minimum absolute atomic E-state index is 0.187. The van der Waals surface area contributed by atoms with Gasteiger partial charge in [-0.25, -0.2) is 9.97 Å². The lowest BCUT2D eigenvalue weighted by Gasteiger charge is -2.11. The van der Waals surface area contributed by atoms with Gasteiger partial charge in [-0.3, -0.25) is 9.89 Å². The number of aromatic nitrogens is 4. The van der Waals surface area contributed by atoms with Crippen LogP contribution in [0.3, 0.4) is 0 Å². The first-order valence-corrected chi connectivity index (χ1v) is 8.38. The molecule has 2 heterocycles. The second-order valence-electron chi connectivity index (χ2n) is 5.92. The van der Waals surface area contributed by atoms with Crippen molar-refractivity contribution in [2.24, 2.45) is 0 Å².